The number of rotatable bonds is 10. The number of fused-ring (bicyclic) bond motifs is 2. The second-order valence-electron chi connectivity index (χ2n) is 9.11. The molecule has 4 rings (SSSR count). The maximum atomic E-state index is 12.6. The number of nitrogens with zero attached hydrogens (tertiary/aromatic N) is 3. The highest BCUT2D eigenvalue weighted by Crippen LogP contribution is 2.30. The van der Waals surface area contributed by atoms with E-state index >= 15 is 0 Å². The van der Waals surface area contributed by atoms with E-state index in [4.69, 9.17) is 4.74 Å². The number of aliphatic imine (C=N–C) groups is 1. The summed E-state index contributed by atoms with van der Waals surface area (Å²) in [4.78, 5) is 43.3. The largest absolute Gasteiger partial charge is 0.494 e. The van der Waals surface area contributed by atoms with Crippen LogP contribution in [-0.4, -0.2) is 64.9 Å². The zero-order valence-corrected chi connectivity index (χ0v) is 18.9. The van der Waals surface area contributed by atoms with E-state index in [-0.39, 0.29) is 18.4 Å². The van der Waals surface area contributed by atoms with E-state index in [1.165, 1.54) is 24.2 Å². The molecule has 33 heavy (non-hydrogen) atoms. The van der Waals surface area contributed by atoms with Crippen LogP contribution in [0.4, 0.5) is 5.69 Å². The van der Waals surface area contributed by atoms with E-state index in [1.54, 1.807) is 0 Å². The first kappa shape index (κ1) is 23.1. The fourth-order valence-electron chi connectivity index (χ4n) is 4.75. The Morgan fingerprint density at radius 2 is 2.00 bits per heavy atom. The summed E-state index contributed by atoms with van der Waals surface area (Å²) in [6.07, 6.45) is 7.42. The average Bonchev–Trinajstić information content (AvgIpc) is 3.15. The molecule has 0 spiro atoms. The van der Waals surface area contributed by atoms with Crippen LogP contribution in [0.3, 0.4) is 0 Å². The van der Waals surface area contributed by atoms with Crippen molar-refractivity contribution in [1.29, 1.82) is 0 Å². The maximum Gasteiger partial charge on any atom is 0.323 e. The van der Waals surface area contributed by atoms with E-state index in [9.17, 15) is 19.5 Å². The highest BCUT2D eigenvalue weighted by molar-refractivity contribution is 6.05. The van der Waals surface area contributed by atoms with E-state index in [1.807, 2.05) is 23.1 Å². The SMILES string of the molecule is O=C(O)CN(CC1CCCCC1)C(=O)CCCCOc1ccc2c(c1)CN1CC(=O)NC1=N2. The molecule has 1 aromatic carbocycles. The molecular formula is C24H32N4O5. The summed E-state index contributed by atoms with van der Waals surface area (Å²) < 4.78 is 5.86. The Balaban J connectivity index is 1.20. The molecule has 0 atom stereocenters. The molecule has 2 N–H and O–H groups in total. The molecule has 1 aromatic rings. The molecule has 2 heterocycles. The first-order valence-corrected chi connectivity index (χ1v) is 11.9. The van der Waals surface area contributed by atoms with Gasteiger partial charge in [0.25, 0.3) is 0 Å². The Morgan fingerprint density at radius 3 is 2.79 bits per heavy atom. The van der Waals surface area contributed by atoms with Crippen LogP contribution in [0.15, 0.2) is 23.2 Å². The van der Waals surface area contributed by atoms with E-state index in [0.717, 1.165) is 29.8 Å². The van der Waals surface area contributed by atoms with Crippen molar-refractivity contribution in [2.75, 3.05) is 26.2 Å². The van der Waals surface area contributed by atoms with Crippen LogP contribution in [0, 0.1) is 5.92 Å². The van der Waals surface area contributed by atoms with E-state index < -0.39 is 5.97 Å². The predicted octanol–water partition coefficient (Wildman–Crippen LogP) is 2.66. The van der Waals surface area contributed by atoms with Gasteiger partial charge in [0.2, 0.25) is 17.8 Å². The molecule has 3 aliphatic rings. The van der Waals surface area contributed by atoms with Crippen molar-refractivity contribution in [3.05, 3.63) is 23.8 Å². The fourth-order valence-corrected chi connectivity index (χ4v) is 4.75. The lowest BCUT2D eigenvalue weighted by Crippen LogP contribution is -2.39. The number of nitrogens with one attached hydrogen (secondary N) is 1. The minimum atomic E-state index is -0.958. The van der Waals surface area contributed by atoms with Gasteiger partial charge >= 0.3 is 5.97 Å². The number of aliphatic carboxylic acids is 1. The molecule has 1 saturated heterocycles. The van der Waals surface area contributed by atoms with Gasteiger partial charge in [-0.05, 0) is 49.8 Å². The topological polar surface area (TPSA) is 112 Å². The molecule has 0 unspecified atom stereocenters. The molecular weight excluding hydrogens is 424 g/mol. The average molecular weight is 457 g/mol. The zero-order chi connectivity index (χ0) is 23.2. The van der Waals surface area contributed by atoms with Crippen LogP contribution in [-0.2, 0) is 20.9 Å². The van der Waals surface area contributed by atoms with Crippen molar-refractivity contribution < 1.29 is 24.2 Å². The van der Waals surface area contributed by atoms with Crippen molar-refractivity contribution >= 4 is 29.4 Å². The van der Waals surface area contributed by atoms with Crippen LogP contribution in [0.5, 0.6) is 5.75 Å². The van der Waals surface area contributed by atoms with Crippen molar-refractivity contribution in [3.8, 4) is 5.75 Å². The Morgan fingerprint density at radius 1 is 1.18 bits per heavy atom. The smallest absolute Gasteiger partial charge is 0.323 e. The number of carboxylic acid groups (broad SMARTS) is 1. The maximum absolute atomic E-state index is 12.6. The molecule has 2 aliphatic heterocycles. The van der Waals surface area contributed by atoms with Crippen LogP contribution < -0.4 is 10.1 Å². The quantitative estimate of drug-likeness (QED) is 0.524. The summed E-state index contributed by atoms with van der Waals surface area (Å²) in [5, 5.41) is 12.0. The van der Waals surface area contributed by atoms with Crippen LogP contribution >= 0.6 is 0 Å². The van der Waals surface area contributed by atoms with Crippen molar-refractivity contribution in [1.82, 2.24) is 15.1 Å². The number of hydrogen-bond acceptors (Lipinski definition) is 6. The predicted molar refractivity (Wildman–Crippen MR) is 122 cm³/mol. The third-order valence-electron chi connectivity index (χ3n) is 6.46. The molecule has 1 saturated carbocycles. The number of benzene rings is 1. The Labute approximate surface area is 193 Å². The number of guanidine groups is 1. The first-order valence-electron chi connectivity index (χ1n) is 11.9. The van der Waals surface area contributed by atoms with Gasteiger partial charge in [0.15, 0.2) is 0 Å². The van der Waals surface area contributed by atoms with Gasteiger partial charge in [-0.1, -0.05) is 19.3 Å². The van der Waals surface area contributed by atoms with Gasteiger partial charge in [0.1, 0.15) is 18.8 Å². The Hall–Kier alpha value is -3.10. The van der Waals surface area contributed by atoms with Gasteiger partial charge in [-0.25, -0.2) is 4.99 Å². The van der Waals surface area contributed by atoms with Gasteiger partial charge in [0.05, 0.1) is 12.3 Å². The summed E-state index contributed by atoms with van der Waals surface area (Å²) >= 11 is 0. The van der Waals surface area contributed by atoms with E-state index in [2.05, 4.69) is 10.3 Å². The molecule has 1 aliphatic carbocycles. The highest BCUT2D eigenvalue weighted by Gasteiger charge is 2.29. The van der Waals surface area contributed by atoms with Gasteiger partial charge in [-0.15, -0.1) is 0 Å². The van der Waals surface area contributed by atoms with Crippen LogP contribution in [0.2, 0.25) is 0 Å². The number of carbonyl (C=O) groups is 3. The van der Waals surface area contributed by atoms with Crippen LogP contribution in [0.1, 0.15) is 56.9 Å². The standard InChI is InChI=1S/C24H32N4O5/c29-21-15-28-14-18-12-19(9-10-20(18)25-24(28)26-21)33-11-5-4-8-22(30)27(16-23(31)32)13-17-6-2-1-3-7-17/h9-10,12,17H,1-8,11,13-16H2,(H,31,32)(H,25,26,29). The lowest BCUT2D eigenvalue weighted by molar-refractivity contribution is -0.145. The molecule has 0 aromatic heterocycles. The van der Waals surface area contributed by atoms with Crippen molar-refractivity contribution in [3.63, 3.8) is 0 Å². The summed E-state index contributed by atoms with van der Waals surface area (Å²) in [6.45, 7) is 1.74. The molecule has 0 radical (unpaired) electrons. The molecule has 0 bridgehead atoms. The minimum absolute atomic E-state index is 0.0479. The van der Waals surface area contributed by atoms with Gasteiger partial charge in [-0.3, -0.25) is 19.7 Å². The summed E-state index contributed by atoms with van der Waals surface area (Å²) in [5.41, 5.74) is 1.84. The normalized spacial score (nSPS) is 17.6. The Bertz CT molecular complexity index is 925. The lowest BCUT2D eigenvalue weighted by Gasteiger charge is -2.29. The lowest BCUT2D eigenvalue weighted by atomic mass is 9.89. The molecule has 2 fully saturated rings. The Kier molecular flexibility index (Phi) is 7.47. The monoisotopic (exact) mass is 456 g/mol. The zero-order valence-electron chi connectivity index (χ0n) is 18.9. The van der Waals surface area contributed by atoms with Crippen LogP contribution in [0.25, 0.3) is 0 Å². The highest BCUT2D eigenvalue weighted by atomic mass is 16.5. The number of carbonyl (C=O) groups excluding carboxylic acids is 2. The second kappa shape index (κ2) is 10.7. The van der Waals surface area contributed by atoms with Crippen molar-refractivity contribution in [2.24, 2.45) is 10.9 Å². The van der Waals surface area contributed by atoms with E-state index in [0.29, 0.717) is 57.4 Å². The number of amides is 2. The fraction of sp³-hybridized carbons (Fsp3) is 0.583. The minimum Gasteiger partial charge on any atom is -0.494 e. The molecule has 9 nitrogen and oxygen atoms in total. The van der Waals surface area contributed by atoms with Gasteiger partial charge in [-0.2, -0.15) is 0 Å². The first-order chi connectivity index (χ1) is 16.0. The molecule has 9 heteroatoms. The molecule has 2 amide bonds. The van der Waals surface area contributed by atoms with Gasteiger partial charge < -0.3 is 19.6 Å². The van der Waals surface area contributed by atoms with Crippen molar-refractivity contribution in [2.45, 2.75) is 57.9 Å². The van der Waals surface area contributed by atoms with Gasteiger partial charge in [0, 0.05) is 25.1 Å². The molecule has 178 valence electrons. The number of unbranched alkanes of at least 4 members (excludes halogenated alkanes) is 1. The third kappa shape index (κ3) is 6.24. The summed E-state index contributed by atoms with van der Waals surface area (Å²) in [5.74, 6) is 0.672. The third-order valence-corrected chi connectivity index (χ3v) is 6.46. The summed E-state index contributed by atoms with van der Waals surface area (Å²) in [7, 11) is 0. The number of carboxylic acids is 1. The second-order valence-corrected chi connectivity index (χ2v) is 9.11. The number of hydrogen-bond donors (Lipinski definition) is 2. The number of ether oxygens (including phenoxy) is 1. The summed E-state index contributed by atoms with van der Waals surface area (Å²) in [6, 6.07) is 5.69.